The van der Waals surface area contributed by atoms with Gasteiger partial charge < -0.3 is 0 Å². The molecule has 27 heavy (non-hydrogen) atoms. The van der Waals surface area contributed by atoms with E-state index in [1.165, 1.54) is 11.5 Å². The van der Waals surface area contributed by atoms with Gasteiger partial charge in [-0.05, 0) is 63.3 Å². The van der Waals surface area contributed by atoms with E-state index < -0.39 is 29.0 Å². The number of nitrogens with zero attached hydrogens (tertiary/aromatic N) is 2. The lowest BCUT2D eigenvalue weighted by molar-refractivity contribution is -0.137. The Kier molecular flexibility index (Phi) is 6.29. The smallest absolute Gasteiger partial charge is 0.298 e. The first-order valence-corrected chi connectivity index (χ1v) is 9.39. The first kappa shape index (κ1) is 21.3. The molecular weight excluding hydrogens is 380 g/mol. The number of amides is 1. The van der Waals surface area contributed by atoms with Crippen LogP contribution in [0, 0.1) is 5.82 Å². The minimum absolute atomic E-state index is 0.232. The number of alkyl halides is 3. The third kappa shape index (κ3) is 5.28. The average molecular weight is 402 g/mol. The van der Waals surface area contributed by atoms with Gasteiger partial charge >= 0.3 is 6.18 Å². The van der Waals surface area contributed by atoms with Crippen molar-refractivity contribution in [2.75, 3.05) is 0 Å². The molecule has 0 bridgehead atoms. The summed E-state index contributed by atoms with van der Waals surface area (Å²) < 4.78 is 54.9. The lowest BCUT2D eigenvalue weighted by Crippen LogP contribution is -2.18. The van der Waals surface area contributed by atoms with E-state index in [4.69, 9.17) is 0 Å². The quantitative estimate of drug-likeness (QED) is 0.618. The van der Waals surface area contributed by atoms with Gasteiger partial charge in [0.25, 0.3) is 5.91 Å². The van der Waals surface area contributed by atoms with Gasteiger partial charge in [-0.3, -0.25) is 8.75 Å². The summed E-state index contributed by atoms with van der Waals surface area (Å²) in [5, 5.41) is 0. The topological polar surface area (TPSA) is 34.4 Å². The number of unbranched alkanes of at least 4 members (excludes halogenated alkanes) is 1. The number of halogens is 4. The number of carbonyl (C=O) groups excluding carboxylic acids is 1. The van der Waals surface area contributed by atoms with Crippen LogP contribution in [0.5, 0.6) is 0 Å². The largest absolute Gasteiger partial charge is 0.416 e. The van der Waals surface area contributed by atoms with Crippen LogP contribution in [0.3, 0.4) is 0 Å². The van der Waals surface area contributed by atoms with Crippen molar-refractivity contribution in [1.82, 2.24) is 3.96 Å². The van der Waals surface area contributed by atoms with Crippen LogP contribution in [0.25, 0.3) is 0 Å². The van der Waals surface area contributed by atoms with Crippen LogP contribution >= 0.6 is 11.5 Å². The molecule has 0 N–H and O–H groups in total. The minimum atomic E-state index is -4.66. The molecule has 148 valence electrons. The van der Waals surface area contributed by atoms with Crippen molar-refractivity contribution < 1.29 is 22.4 Å². The van der Waals surface area contributed by atoms with E-state index in [0.29, 0.717) is 29.3 Å². The summed E-state index contributed by atoms with van der Waals surface area (Å²) in [5.41, 5.74) is -1.16. The zero-order valence-corrected chi connectivity index (χ0v) is 16.5. The second-order valence-electron chi connectivity index (χ2n) is 7.26. The molecule has 1 aromatic heterocycles. The van der Waals surface area contributed by atoms with Crippen LogP contribution < -0.4 is 4.67 Å². The predicted octanol–water partition coefficient (Wildman–Crippen LogP) is 5.55. The molecule has 1 aromatic carbocycles. The summed E-state index contributed by atoms with van der Waals surface area (Å²) in [7, 11) is 0. The highest BCUT2D eigenvalue weighted by Gasteiger charge is 2.32. The molecule has 0 aliphatic carbocycles. The Labute approximate surface area is 159 Å². The molecule has 0 fully saturated rings. The molecule has 0 aliphatic heterocycles. The lowest BCUT2D eigenvalue weighted by atomic mass is 10.1. The van der Waals surface area contributed by atoms with E-state index in [1.54, 1.807) is 0 Å². The van der Waals surface area contributed by atoms with Crippen molar-refractivity contribution in [2.24, 2.45) is 4.99 Å². The van der Waals surface area contributed by atoms with E-state index in [0.717, 1.165) is 18.4 Å². The molecule has 1 heterocycles. The highest BCUT2D eigenvalue weighted by Crippen LogP contribution is 2.30. The van der Waals surface area contributed by atoms with Crippen molar-refractivity contribution in [3.8, 4) is 0 Å². The lowest BCUT2D eigenvalue weighted by Gasteiger charge is -2.19. The summed E-state index contributed by atoms with van der Waals surface area (Å²) in [5.74, 6) is -2.04. The van der Waals surface area contributed by atoms with Gasteiger partial charge in [0.2, 0.25) is 0 Å². The van der Waals surface area contributed by atoms with Gasteiger partial charge in [-0.15, -0.1) is 0 Å². The molecular formula is C19H22F4N2OS. The van der Waals surface area contributed by atoms with Gasteiger partial charge in [0, 0.05) is 17.3 Å². The van der Waals surface area contributed by atoms with Crippen LogP contribution in [-0.4, -0.2) is 9.86 Å². The van der Waals surface area contributed by atoms with Crippen LogP contribution in [0.1, 0.15) is 62.0 Å². The van der Waals surface area contributed by atoms with Gasteiger partial charge in [0.1, 0.15) is 10.5 Å². The molecule has 2 aromatic rings. The van der Waals surface area contributed by atoms with Gasteiger partial charge in [0.05, 0.1) is 11.1 Å². The normalized spacial score (nSPS) is 13.3. The molecule has 0 spiro atoms. The fraction of sp³-hybridized carbons (Fsp3) is 0.474. The molecule has 8 heteroatoms. The van der Waals surface area contributed by atoms with Gasteiger partial charge in [-0.25, -0.2) is 4.39 Å². The first-order valence-electron chi connectivity index (χ1n) is 8.61. The van der Waals surface area contributed by atoms with Crippen molar-refractivity contribution in [1.29, 1.82) is 0 Å². The summed E-state index contributed by atoms with van der Waals surface area (Å²) in [4.78, 5) is 16.4. The van der Waals surface area contributed by atoms with Crippen molar-refractivity contribution in [3.63, 3.8) is 0 Å². The molecule has 0 saturated carbocycles. The fourth-order valence-corrected chi connectivity index (χ4v) is 3.39. The van der Waals surface area contributed by atoms with Crippen LogP contribution in [-0.2, 0) is 18.1 Å². The maximum absolute atomic E-state index is 14.0. The highest BCUT2D eigenvalue weighted by molar-refractivity contribution is 7.04. The van der Waals surface area contributed by atoms with Crippen LogP contribution in [0.2, 0.25) is 0 Å². The summed E-state index contributed by atoms with van der Waals surface area (Å²) >= 11 is 1.24. The average Bonchev–Trinajstić information content (AvgIpc) is 2.95. The second kappa shape index (κ2) is 7.96. The maximum Gasteiger partial charge on any atom is 0.416 e. The van der Waals surface area contributed by atoms with E-state index in [2.05, 4.69) is 4.99 Å². The SMILES string of the molecule is CCCCc1cn(C(C)(C)C)sc1=NC(=O)c1cc(C(F)(F)F)ccc1F. The highest BCUT2D eigenvalue weighted by atomic mass is 32.1. The van der Waals surface area contributed by atoms with Gasteiger partial charge in [-0.2, -0.15) is 18.2 Å². The number of hydrogen-bond donors (Lipinski definition) is 0. The standard InChI is InChI=1S/C19H22F4N2OS/c1-5-6-7-12-11-25(18(2,3)4)27-17(12)24-16(26)14-10-13(19(21,22)23)8-9-15(14)20/h8-11H,5-7H2,1-4H3. The number of benzene rings is 1. The summed E-state index contributed by atoms with van der Waals surface area (Å²) in [6.45, 7) is 8.01. The van der Waals surface area contributed by atoms with Crippen molar-refractivity contribution in [3.05, 3.63) is 51.6 Å². The Morgan fingerprint density at radius 2 is 1.89 bits per heavy atom. The molecule has 1 amide bonds. The monoisotopic (exact) mass is 402 g/mol. The zero-order valence-electron chi connectivity index (χ0n) is 15.7. The molecule has 0 unspecified atom stereocenters. The number of rotatable bonds is 4. The number of hydrogen-bond acceptors (Lipinski definition) is 2. The predicted molar refractivity (Wildman–Crippen MR) is 97.2 cm³/mol. The van der Waals surface area contributed by atoms with E-state index >= 15 is 0 Å². The van der Waals surface area contributed by atoms with Gasteiger partial charge in [-0.1, -0.05) is 13.3 Å². The first-order chi connectivity index (χ1) is 12.4. The molecule has 2 rings (SSSR count). The van der Waals surface area contributed by atoms with Crippen LogP contribution in [0.15, 0.2) is 29.4 Å². The van der Waals surface area contributed by atoms with Crippen molar-refractivity contribution in [2.45, 2.75) is 58.7 Å². The Balaban J connectivity index is 2.52. The Hall–Kier alpha value is -1.96. The molecule has 0 saturated heterocycles. The zero-order chi connectivity index (χ0) is 20.4. The summed E-state index contributed by atoms with van der Waals surface area (Å²) in [6.07, 6.45) is -0.244. The second-order valence-corrected chi connectivity index (χ2v) is 8.22. The van der Waals surface area contributed by atoms with E-state index in [1.807, 2.05) is 37.8 Å². The third-order valence-electron chi connectivity index (χ3n) is 3.92. The van der Waals surface area contributed by atoms with Gasteiger partial charge in [0.15, 0.2) is 0 Å². The summed E-state index contributed by atoms with van der Waals surface area (Å²) in [6, 6.07) is 1.77. The van der Waals surface area contributed by atoms with E-state index in [-0.39, 0.29) is 5.54 Å². The minimum Gasteiger partial charge on any atom is -0.298 e. The molecule has 0 aliphatic rings. The van der Waals surface area contributed by atoms with Crippen LogP contribution in [0.4, 0.5) is 17.6 Å². The molecule has 0 radical (unpaired) electrons. The maximum atomic E-state index is 14.0. The third-order valence-corrected chi connectivity index (χ3v) is 5.30. The Morgan fingerprint density at radius 3 is 2.44 bits per heavy atom. The van der Waals surface area contributed by atoms with E-state index in [9.17, 15) is 22.4 Å². The number of carbonyl (C=O) groups is 1. The Morgan fingerprint density at radius 1 is 1.22 bits per heavy atom. The molecule has 3 nitrogen and oxygen atoms in total. The number of aromatic nitrogens is 1. The Bertz CT molecular complexity index is 888. The number of aryl methyl sites for hydroxylation is 1. The fourth-order valence-electron chi connectivity index (χ4n) is 2.35. The van der Waals surface area contributed by atoms with Crippen molar-refractivity contribution >= 4 is 17.4 Å². The molecule has 0 atom stereocenters.